The Morgan fingerprint density at radius 3 is 2.69 bits per heavy atom. The summed E-state index contributed by atoms with van der Waals surface area (Å²) in [5.41, 5.74) is 0.362. The first-order valence-electron chi connectivity index (χ1n) is 8.71. The van der Waals surface area contributed by atoms with Crippen LogP contribution in [-0.2, 0) is 11.2 Å². The fourth-order valence-electron chi connectivity index (χ4n) is 2.32. The third kappa shape index (κ3) is 10.2. The van der Waals surface area contributed by atoms with Crippen molar-refractivity contribution in [2.45, 2.75) is 19.8 Å². The number of ether oxygens (including phenoxy) is 1. The SMILES string of the molecule is CCNC(=NCCN(C)CCCOC)NCCc1cccc(F)c1F.I. The molecule has 2 N–H and O–H groups in total. The van der Waals surface area contributed by atoms with E-state index in [1.165, 1.54) is 6.07 Å². The van der Waals surface area contributed by atoms with Gasteiger partial charge in [0, 0.05) is 39.9 Å². The topological polar surface area (TPSA) is 48.9 Å². The van der Waals surface area contributed by atoms with E-state index in [9.17, 15) is 8.78 Å². The van der Waals surface area contributed by atoms with Crippen molar-refractivity contribution >= 4 is 29.9 Å². The van der Waals surface area contributed by atoms with Gasteiger partial charge < -0.3 is 20.3 Å². The quantitative estimate of drug-likeness (QED) is 0.220. The van der Waals surface area contributed by atoms with Crippen molar-refractivity contribution in [1.82, 2.24) is 15.5 Å². The molecule has 8 heteroatoms. The molecule has 0 aliphatic heterocycles. The van der Waals surface area contributed by atoms with Crippen molar-refractivity contribution in [3.63, 3.8) is 0 Å². The molecule has 150 valence electrons. The van der Waals surface area contributed by atoms with Crippen molar-refractivity contribution in [1.29, 1.82) is 0 Å². The molecule has 0 spiro atoms. The lowest BCUT2D eigenvalue weighted by atomic mass is 10.1. The third-order valence-electron chi connectivity index (χ3n) is 3.70. The number of likely N-dealkylation sites (N-methyl/N-ethyl adjacent to an activating group) is 1. The van der Waals surface area contributed by atoms with Crippen molar-refractivity contribution in [3.8, 4) is 0 Å². The zero-order chi connectivity index (χ0) is 18.5. The maximum Gasteiger partial charge on any atom is 0.191 e. The second kappa shape index (κ2) is 15.1. The molecule has 0 saturated carbocycles. The summed E-state index contributed by atoms with van der Waals surface area (Å²) in [4.78, 5) is 6.71. The van der Waals surface area contributed by atoms with E-state index in [0.29, 0.717) is 31.0 Å². The maximum atomic E-state index is 13.6. The highest BCUT2D eigenvalue weighted by molar-refractivity contribution is 14.0. The Hall–Kier alpha value is -1.00. The first-order chi connectivity index (χ1) is 12.1. The van der Waals surface area contributed by atoms with Crippen LogP contribution in [0.15, 0.2) is 23.2 Å². The molecule has 0 radical (unpaired) electrons. The summed E-state index contributed by atoms with van der Waals surface area (Å²) in [6.45, 7) is 6.44. The number of benzene rings is 1. The largest absolute Gasteiger partial charge is 0.385 e. The molecule has 0 bridgehead atoms. The van der Waals surface area contributed by atoms with Crippen LogP contribution in [0.1, 0.15) is 18.9 Å². The number of aliphatic imine (C=N–C) groups is 1. The molecule has 5 nitrogen and oxygen atoms in total. The predicted octanol–water partition coefficient (Wildman–Crippen LogP) is 2.65. The number of methoxy groups -OCH3 is 1. The predicted molar refractivity (Wildman–Crippen MR) is 113 cm³/mol. The molecule has 0 amide bonds. The molecule has 0 aliphatic carbocycles. The Balaban J connectivity index is 0.00000625. The van der Waals surface area contributed by atoms with Crippen LogP contribution in [-0.4, -0.2) is 64.3 Å². The molecule has 1 rings (SSSR count). The van der Waals surface area contributed by atoms with Crippen LogP contribution in [0, 0.1) is 11.6 Å². The fourth-order valence-corrected chi connectivity index (χ4v) is 2.32. The minimum Gasteiger partial charge on any atom is -0.385 e. The molecular weight excluding hydrogens is 453 g/mol. The standard InChI is InChI=1S/C18H30F2N4O.HI/c1-4-21-18(23-11-13-24(2)12-6-14-25-3)22-10-9-15-7-5-8-16(19)17(15)20;/h5,7-8H,4,6,9-14H2,1-3H3,(H2,21,22,23);1H. The van der Waals surface area contributed by atoms with Crippen LogP contribution in [0.25, 0.3) is 0 Å². The van der Waals surface area contributed by atoms with Gasteiger partial charge in [-0.3, -0.25) is 4.99 Å². The minimum absolute atomic E-state index is 0. The summed E-state index contributed by atoms with van der Waals surface area (Å²) in [6, 6.07) is 4.24. The van der Waals surface area contributed by atoms with Crippen molar-refractivity contribution in [2.75, 3.05) is 53.5 Å². The summed E-state index contributed by atoms with van der Waals surface area (Å²) in [7, 11) is 3.76. The lowest BCUT2D eigenvalue weighted by molar-refractivity contribution is 0.180. The summed E-state index contributed by atoms with van der Waals surface area (Å²) >= 11 is 0. The van der Waals surface area contributed by atoms with Crippen LogP contribution in [0.5, 0.6) is 0 Å². The van der Waals surface area contributed by atoms with Crippen molar-refractivity contribution in [3.05, 3.63) is 35.4 Å². The summed E-state index contributed by atoms with van der Waals surface area (Å²) in [5.74, 6) is -0.900. The number of guanidine groups is 1. The van der Waals surface area contributed by atoms with Gasteiger partial charge in [-0.25, -0.2) is 8.78 Å². The van der Waals surface area contributed by atoms with Crippen molar-refractivity contribution in [2.24, 2.45) is 4.99 Å². The Morgan fingerprint density at radius 1 is 1.23 bits per heavy atom. The van der Waals surface area contributed by atoms with Gasteiger partial charge in [0.05, 0.1) is 6.54 Å². The van der Waals surface area contributed by atoms with E-state index in [1.807, 2.05) is 6.92 Å². The van der Waals surface area contributed by atoms with Crippen LogP contribution in [0.3, 0.4) is 0 Å². The zero-order valence-corrected chi connectivity index (χ0v) is 18.2. The van der Waals surface area contributed by atoms with E-state index in [0.717, 1.165) is 38.7 Å². The molecule has 0 saturated heterocycles. The van der Waals surface area contributed by atoms with E-state index < -0.39 is 11.6 Å². The summed E-state index contributed by atoms with van der Waals surface area (Å²) in [6.07, 6.45) is 1.39. The van der Waals surface area contributed by atoms with E-state index >= 15 is 0 Å². The number of hydrogen-bond donors (Lipinski definition) is 2. The molecule has 0 heterocycles. The van der Waals surface area contributed by atoms with Crippen LogP contribution >= 0.6 is 24.0 Å². The van der Waals surface area contributed by atoms with Gasteiger partial charge in [-0.15, -0.1) is 24.0 Å². The van der Waals surface area contributed by atoms with Gasteiger partial charge in [-0.2, -0.15) is 0 Å². The van der Waals surface area contributed by atoms with Crippen LogP contribution in [0.2, 0.25) is 0 Å². The normalized spacial score (nSPS) is 11.4. The van der Waals surface area contributed by atoms with Crippen molar-refractivity contribution < 1.29 is 13.5 Å². The molecule has 0 aliphatic rings. The monoisotopic (exact) mass is 484 g/mol. The van der Waals surface area contributed by atoms with Gasteiger partial charge in [0.2, 0.25) is 0 Å². The minimum atomic E-state index is -0.811. The molecule has 0 atom stereocenters. The average molecular weight is 484 g/mol. The Morgan fingerprint density at radius 2 is 2.00 bits per heavy atom. The highest BCUT2D eigenvalue weighted by Crippen LogP contribution is 2.11. The Labute approximate surface area is 172 Å². The molecule has 0 unspecified atom stereocenters. The average Bonchev–Trinajstić information content (AvgIpc) is 2.59. The van der Waals surface area contributed by atoms with E-state index in [4.69, 9.17) is 4.74 Å². The van der Waals surface area contributed by atoms with Gasteiger partial charge >= 0.3 is 0 Å². The Bertz CT molecular complexity index is 532. The zero-order valence-electron chi connectivity index (χ0n) is 15.9. The fraction of sp³-hybridized carbons (Fsp3) is 0.611. The third-order valence-corrected chi connectivity index (χ3v) is 3.70. The lowest BCUT2D eigenvalue weighted by Crippen LogP contribution is -2.39. The molecular formula is C18H31F2IN4O. The second-order valence-corrected chi connectivity index (χ2v) is 5.80. The first kappa shape index (κ1) is 25.0. The lowest BCUT2D eigenvalue weighted by Gasteiger charge is -2.16. The molecule has 26 heavy (non-hydrogen) atoms. The van der Waals surface area contributed by atoms with Gasteiger partial charge in [-0.1, -0.05) is 12.1 Å². The number of halogens is 3. The Kier molecular flexibility index (Phi) is 14.5. The molecule has 0 aromatic heterocycles. The van der Waals surface area contributed by atoms with E-state index in [-0.39, 0.29) is 24.0 Å². The molecule has 0 fully saturated rings. The van der Waals surface area contributed by atoms with Gasteiger partial charge in [0.1, 0.15) is 0 Å². The summed E-state index contributed by atoms with van der Waals surface area (Å²) in [5, 5.41) is 6.31. The summed E-state index contributed by atoms with van der Waals surface area (Å²) < 4.78 is 31.9. The number of hydrogen-bond acceptors (Lipinski definition) is 3. The number of nitrogens with zero attached hydrogens (tertiary/aromatic N) is 2. The molecule has 1 aromatic carbocycles. The van der Waals surface area contributed by atoms with Crippen LogP contribution in [0.4, 0.5) is 8.78 Å². The number of rotatable bonds is 11. The smallest absolute Gasteiger partial charge is 0.191 e. The van der Waals surface area contributed by atoms with Gasteiger partial charge in [0.15, 0.2) is 17.6 Å². The highest BCUT2D eigenvalue weighted by atomic mass is 127. The van der Waals surface area contributed by atoms with Gasteiger partial charge in [0.25, 0.3) is 0 Å². The second-order valence-electron chi connectivity index (χ2n) is 5.80. The number of nitrogens with one attached hydrogen (secondary N) is 2. The van der Waals surface area contributed by atoms with E-state index in [2.05, 4.69) is 27.6 Å². The van der Waals surface area contributed by atoms with Gasteiger partial charge in [-0.05, 0) is 38.4 Å². The van der Waals surface area contributed by atoms with Crippen LogP contribution < -0.4 is 10.6 Å². The first-order valence-corrected chi connectivity index (χ1v) is 8.71. The maximum absolute atomic E-state index is 13.6. The molecule has 1 aromatic rings. The highest BCUT2D eigenvalue weighted by Gasteiger charge is 2.07. The van der Waals surface area contributed by atoms with E-state index in [1.54, 1.807) is 13.2 Å².